The molecule has 0 saturated heterocycles. The maximum atomic E-state index is 3.03. The highest BCUT2D eigenvalue weighted by Crippen LogP contribution is 1.94. The molecule has 1 N–H and O–H groups in total. The topological polar surface area (TPSA) is 12.0 Å². The van der Waals surface area contributed by atoms with Crippen molar-refractivity contribution < 1.29 is 0 Å². The summed E-state index contributed by atoms with van der Waals surface area (Å²) in [5, 5.41) is 3.03. The fraction of sp³-hybridized carbons (Fsp3) is 0.600. The lowest BCUT2D eigenvalue weighted by molar-refractivity contribution is 0.679. The molecule has 32 valence electrons. The summed E-state index contributed by atoms with van der Waals surface area (Å²) < 4.78 is 0. The number of hydrogen-bond acceptors (Lipinski definition) is 1. The van der Waals surface area contributed by atoms with Crippen molar-refractivity contribution in [2.24, 2.45) is 0 Å². The summed E-state index contributed by atoms with van der Waals surface area (Å²) >= 11 is 0. The summed E-state index contributed by atoms with van der Waals surface area (Å²) in [4.78, 5) is 0. The van der Waals surface area contributed by atoms with E-state index >= 15 is 0 Å². The molecule has 0 aliphatic heterocycles. The summed E-state index contributed by atoms with van der Waals surface area (Å²) in [5.41, 5.74) is 0. The summed E-state index contributed by atoms with van der Waals surface area (Å²) in [5.74, 6) is 5.83. The molecule has 6 heavy (non-hydrogen) atoms. The molecule has 1 unspecified atom stereocenters. The summed E-state index contributed by atoms with van der Waals surface area (Å²) in [6.45, 7) is 0. The highest BCUT2D eigenvalue weighted by atomic mass is 14.9. The minimum Gasteiger partial charge on any atom is -0.306 e. The van der Waals surface area contributed by atoms with E-state index in [9.17, 15) is 0 Å². The minimum absolute atomic E-state index is 0.505. The van der Waals surface area contributed by atoms with Crippen molar-refractivity contribution in [2.75, 3.05) is 7.05 Å². The molecule has 0 heterocycles. The normalized spacial score (nSPS) is 27.2. The first-order chi connectivity index (χ1) is 2.93. The van der Waals surface area contributed by atoms with E-state index in [4.69, 9.17) is 0 Å². The molecular weight excluding hydrogens is 74.1 g/mol. The third-order valence-corrected chi connectivity index (χ3v) is 0.931. The molecular formula is C5H7N. The molecule has 1 rings (SSSR count). The maximum absolute atomic E-state index is 3.03. The van der Waals surface area contributed by atoms with Crippen LogP contribution in [0.4, 0.5) is 0 Å². The fourth-order valence-electron chi connectivity index (χ4n) is 0.378. The van der Waals surface area contributed by atoms with Gasteiger partial charge in [-0.25, -0.2) is 0 Å². The van der Waals surface area contributed by atoms with Crippen LogP contribution in [0, 0.1) is 11.8 Å². The molecule has 0 saturated carbocycles. The Kier molecular flexibility index (Phi) is 0.813. The largest absolute Gasteiger partial charge is 0.306 e. The quantitative estimate of drug-likeness (QED) is 0.437. The van der Waals surface area contributed by atoms with Crippen LogP contribution in [0.1, 0.15) is 6.42 Å². The zero-order chi connectivity index (χ0) is 4.41. The Balaban J connectivity index is 2.29. The van der Waals surface area contributed by atoms with Gasteiger partial charge in [0.05, 0.1) is 6.04 Å². The van der Waals surface area contributed by atoms with Crippen molar-refractivity contribution in [1.82, 2.24) is 5.32 Å². The van der Waals surface area contributed by atoms with Crippen LogP contribution in [-0.2, 0) is 0 Å². The van der Waals surface area contributed by atoms with Crippen LogP contribution in [-0.4, -0.2) is 13.1 Å². The van der Waals surface area contributed by atoms with E-state index in [-0.39, 0.29) is 0 Å². The van der Waals surface area contributed by atoms with Gasteiger partial charge in [-0.2, -0.15) is 0 Å². The Labute approximate surface area is 37.7 Å². The second-order valence-corrected chi connectivity index (χ2v) is 1.37. The average Bonchev–Trinajstić information content (AvgIpc) is 1.31. The van der Waals surface area contributed by atoms with Gasteiger partial charge in [-0.05, 0) is 7.05 Å². The van der Waals surface area contributed by atoms with Crippen LogP contribution in [0.2, 0.25) is 0 Å². The Morgan fingerprint density at radius 3 is 2.50 bits per heavy atom. The molecule has 0 aromatic heterocycles. The van der Waals surface area contributed by atoms with Gasteiger partial charge in [0.2, 0.25) is 0 Å². The average molecular weight is 81.1 g/mol. The number of rotatable bonds is 1. The fourth-order valence-corrected chi connectivity index (χ4v) is 0.378. The van der Waals surface area contributed by atoms with E-state index in [0.717, 1.165) is 6.42 Å². The van der Waals surface area contributed by atoms with E-state index in [1.54, 1.807) is 0 Å². The van der Waals surface area contributed by atoms with Crippen LogP contribution in [0.5, 0.6) is 0 Å². The minimum atomic E-state index is 0.505. The van der Waals surface area contributed by atoms with E-state index in [1.807, 2.05) is 7.05 Å². The molecule has 0 fully saturated rings. The monoisotopic (exact) mass is 81.1 g/mol. The predicted octanol–water partition coefficient (Wildman–Crippen LogP) is -0.0185. The van der Waals surface area contributed by atoms with Gasteiger partial charge in [0.15, 0.2) is 0 Å². The van der Waals surface area contributed by atoms with Crippen molar-refractivity contribution >= 4 is 0 Å². The second kappa shape index (κ2) is 1.32. The molecule has 1 atom stereocenters. The van der Waals surface area contributed by atoms with Crippen LogP contribution in [0.15, 0.2) is 0 Å². The maximum Gasteiger partial charge on any atom is 0.0797 e. The van der Waals surface area contributed by atoms with Gasteiger partial charge in [0.25, 0.3) is 0 Å². The highest BCUT2D eigenvalue weighted by molar-refractivity contribution is 5.20. The molecule has 0 aromatic carbocycles. The van der Waals surface area contributed by atoms with Gasteiger partial charge in [0, 0.05) is 6.42 Å². The summed E-state index contributed by atoms with van der Waals surface area (Å²) in [6.07, 6.45) is 1.04. The lowest BCUT2D eigenvalue weighted by Crippen LogP contribution is -2.26. The summed E-state index contributed by atoms with van der Waals surface area (Å²) in [6, 6.07) is 0.505. The van der Waals surface area contributed by atoms with E-state index in [1.165, 1.54) is 0 Å². The molecule has 1 aliphatic carbocycles. The first kappa shape index (κ1) is 3.70. The molecule has 0 radical (unpaired) electrons. The lowest BCUT2D eigenvalue weighted by Gasteiger charge is -2.09. The van der Waals surface area contributed by atoms with E-state index < -0.39 is 0 Å². The predicted molar refractivity (Wildman–Crippen MR) is 25.2 cm³/mol. The van der Waals surface area contributed by atoms with Gasteiger partial charge in [0.1, 0.15) is 0 Å². The van der Waals surface area contributed by atoms with Gasteiger partial charge < -0.3 is 5.32 Å². The molecule has 0 spiro atoms. The van der Waals surface area contributed by atoms with Crippen molar-refractivity contribution in [3.63, 3.8) is 0 Å². The van der Waals surface area contributed by atoms with Crippen LogP contribution in [0.3, 0.4) is 0 Å². The second-order valence-electron chi connectivity index (χ2n) is 1.37. The number of nitrogens with one attached hydrogen (secondary N) is 1. The molecule has 0 aromatic rings. The van der Waals surface area contributed by atoms with Crippen LogP contribution < -0.4 is 5.32 Å². The SMILES string of the molecule is CNC1C#CC1. The Morgan fingerprint density at radius 1 is 1.83 bits per heavy atom. The highest BCUT2D eigenvalue weighted by Gasteiger charge is 2.02. The smallest absolute Gasteiger partial charge is 0.0797 e. The molecule has 1 heteroatoms. The molecule has 1 nitrogen and oxygen atoms in total. The van der Waals surface area contributed by atoms with Gasteiger partial charge >= 0.3 is 0 Å². The Morgan fingerprint density at radius 2 is 2.50 bits per heavy atom. The first-order valence-corrected chi connectivity index (χ1v) is 2.09. The third kappa shape index (κ3) is 0.395. The lowest BCUT2D eigenvalue weighted by atomic mass is 10.1. The van der Waals surface area contributed by atoms with Crippen molar-refractivity contribution in [3.8, 4) is 11.8 Å². The van der Waals surface area contributed by atoms with Gasteiger partial charge in [-0.1, -0.05) is 11.8 Å². The zero-order valence-electron chi connectivity index (χ0n) is 3.78. The van der Waals surface area contributed by atoms with E-state index in [0.29, 0.717) is 6.04 Å². The van der Waals surface area contributed by atoms with Gasteiger partial charge in [-0.3, -0.25) is 0 Å². The summed E-state index contributed by atoms with van der Waals surface area (Å²) in [7, 11) is 1.93. The number of hydrogen-bond donors (Lipinski definition) is 1. The zero-order valence-corrected chi connectivity index (χ0v) is 3.78. The van der Waals surface area contributed by atoms with Crippen LogP contribution >= 0.6 is 0 Å². The molecule has 0 amide bonds. The molecule has 1 aliphatic rings. The van der Waals surface area contributed by atoms with Crippen molar-refractivity contribution in [3.05, 3.63) is 0 Å². The van der Waals surface area contributed by atoms with E-state index in [2.05, 4.69) is 17.2 Å². The standard InChI is InChI=1S/C5H7N/c1-6-5-3-2-4-5/h5-6H,3H2,1H3. The van der Waals surface area contributed by atoms with Gasteiger partial charge in [-0.15, -0.1) is 0 Å². The Hall–Kier alpha value is -0.480. The first-order valence-electron chi connectivity index (χ1n) is 2.09. The van der Waals surface area contributed by atoms with Crippen molar-refractivity contribution in [1.29, 1.82) is 0 Å². The molecule has 0 bridgehead atoms. The third-order valence-electron chi connectivity index (χ3n) is 0.931. The Bertz CT molecular complexity index is 96.2. The van der Waals surface area contributed by atoms with Crippen molar-refractivity contribution in [2.45, 2.75) is 12.5 Å². The van der Waals surface area contributed by atoms with Crippen LogP contribution in [0.25, 0.3) is 0 Å².